The number of hydrogen-bond acceptors (Lipinski definition) is 3. The molecule has 0 aliphatic rings. The summed E-state index contributed by atoms with van der Waals surface area (Å²) in [6.07, 6.45) is 3.80. The minimum Gasteiger partial charge on any atom is -0.488 e. The van der Waals surface area contributed by atoms with Gasteiger partial charge in [-0.05, 0) is 18.2 Å². The highest BCUT2D eigenvalue weighted by molar-refractivity contribution is 5.17. The van der Waals surface area contributed by atoms with Crippen molar-refractivity contribution in [2.75, 3.05) is 6.61 Å². The first-order valence-corrected chi connectivity index (χ1v) is 4.97. The summed E-state index contributed by atoms with van der Waals surface area (Å²) in [4.78, 5) is 3.50. The van der Waals surface area contributed by atoms with E-state index in [-0.39, 0.29) is 5.75 Å². The number of nitrogens with zero attached hydrogens (tertiary/aromatic N) is 3. The van der Waals surface area contributed by atoms with E-state index in [9.17, 15) is 4.39 Å². The maximum atomic E-state index is 13.1. The largest absolute Gasteiger partial charge is 0.488 e. The average molecular weight is 221 g/mol. The fourth-order valence-electron chi connectivity index (χ4n) is 1.39. The monoisotopic (exact) mass is 221 g/mol. The fraction of sp³-hybridized carbons (Fsp3) is 0.273. The van der Waals surface area contributed by atoms with E-state index in [2.05, 4.69) is 10.1 Å². The molecular weight excluding hydrogens is 209 g/mol. The van der Waals surface area contributed by atoms with Crippen LogP contribution in [0, 0.1) is 5.95 Å². The highest BCUT2D eigenvalue weighted by atomic mass is 19.1. The first-order chi connectivity index (χ1) is 7.77. The molecular formula is C11H12FN3O. The Labute approximate surface area is 92.7 Å². The molecule has 0 spiro atoms. The van der Waals surface area contributed by atoms with Crippen LogP contribution in [0.5, 0.6) is 5.75 Å². The third-order valence-electron chi connectivity index (χ3n) is 2.26. The van der Waals surface area contributed by atoms with Crippen molar-refractivity contribution in [1.29, 1.82) is 0 Å². The van der Waals surface area contributed by atoms with E-state index in [0.29, 0.717) is 13.0 Å². The van der Waals surface area contributed by atoms with Crippen LogP contribution in [0.3, 0.4) is 0 Å². The van der Waals surface area contributed by atoms with Gasteiger partial charge in [0.1, 0.15) is 0 Å². The van der Waals surface area contributed by atoms with E-state index < -0.39 is 5.95 Å². The smallest absolute Gasteiger partial charge is 0.255 e. The summed E-state index contributed by atoms with van der Waals surface area (Å²) in [5.74, 6) is -0.392. The summed E-state index contributed by atoms with van der Waals surface area (Å²) < 4.78 is 20.1. The molecule has 0 fully saturated rings. The van der Waals surface area contributed by atoms with Crippen LogP contribution in [0.4, 0.5) is 4.39 Å². The van der Waals surface area contributed by atoms with Gasteiger partial charge in [-0.2, -0.15) is 9.49 Å². The summed E-state index contributed by atoms with van der Waals surface area (Å²) in [5, 5.41) is 4.03. The second kappa shape index (κ2) is 4.74. The van der Waals surface area contributed by atoms with Crippen molar-refractivity contribution >= 4 is 0 Å². The number of aryl methyl sites for hydroxylation is 1. The van der Waals surface area contributed by atoms with Gasteiger partial charge >= 0.3 is 0 Å². The summed E-state index contributed by atoms with van der Waals surface area (Å²) in [6, 6.07) is 5.11. The standard InChI is InChI=1S/C11H12FN3O/c1-15-9(4-7-14-15)5-8-16-10-3-2-6-13-11(10)12/h2-4,6-7H,5,8H2,1H3. The van der Waals surface area contributed by atoms with Gasteiger partial charge in [0.15, 0.2) is 5.75 Å². The molecule has 4 nitrogen and oxygen atoms in total. The molecule has 0 atom stereocenters. The molecule has 0 bridgehead atoms. The van der Waals surface area contributed by atoms with Gasteiger partial charge in [-0.15, -0.1) is 0 Å². The molecule has 0 N–H and O–H groups in total. The van der Waals surface area contributed by atoms with Crippen LogP contribution in [-0.2, 0) is 13.5 Å². The molecule has 5 heteroatoms. The van der Waals surface area contributed by atoms with Crippen LogP contribution in [0.1, 0.15) is 5.69 Å². The Morgan fingerprint density at radius 1 is 1.38 bits per heavy atom. The van der Waals surface area contributed by atoms with Crippen molar-refractivity contribution in [2.45, 2.75) is 6.42 Å². The third-order valence-corrected chi connectivity index (χ3v) is 2.26. The molecule has 0 saturated carbocycles. The third kappa shape index (κ3) is 2.36. The lowest BCUT2D eigenvalue weighted by molar-refractivity contribution is 0.298. The van der Waals surface area contributed by atoms with Crippen LogP contribution in [0.25, 0.3) is 0 Å². The Kier molecular flexibility index (Phi) is 3.14. The quantitative estimate of drug-likeness (QED) is 0.736. The van der Waals surface area contributed by atoms with E-state index in [1.54, 1.807) is 23.0 Å². The van der Waals surface area contributed by atoms with Gasteiger partial charge in [0.25, 0.3) is 5.95 Å². The Hall–Kier alpha value is -1.91. The number of pyridine rings is 1. The molecule has 2 aromatic heterocycles. The van der Waals surface area contributed by atoms with Crippen molar-refractivity contribution in [3.8, 4) is 5.75 Å². The topological polar surface area (TPSA) is 39.9 Å². The van der Waals surface area contributed by atoms with Gasteiger partial charge < -0.3 is 4.74 Å². The lowest BCUT2D eigenvalue weighted by Gasteiger charge is -2.06. The molecule has 2 heterocycles. The second-order valence-corrected chi connectivity index (χ2v) is 3.34. The molecule has 0 saturated heterocycles. The predicted molar refractivity (Wildman–Crippen MR) is 56.6 cm³/mol. The lowest BCUT2D eigenvalue weighted by atomic mass is 10.3. The Balaban J connectivity index is 1.89. The maximum Gasteiger partial charge on any atom is 0.255 e. The molecule has 84 valence electrons. The second-order valence-electron chi connectivity index (χ2n) is 3.34. The molecule has 0 aliphatic carbocycles. The molecule has 0 amide bonds. The average Bonchev–Trinajstić information content (AvgIpc) is 2.67. The van der Waals surface area contributed by atoms with Crippen LogP contribution in [-0.4, -0.2) is 21.4 Å². The lowest BCUT2D eigenvalue weighted by Crippen LogP contribution is -2.07. The van der Waals surface area contributed by atoms with Gasteiger partial charge in [0, 0.05) is 31.6 Å². The van der Waals surface area contributed by atoms with E-state index in [1.807, 2.05) is 13.1 Å². The summed E-state index contributed by atoms with van der Waals surface area (Å²) in [7, 11) is 1.86. The molecule has 2 aromatic rings. The van der Waals surface area contributed by atoms with E-state index in [4.69, 9.17) is 4.74 Å². The van der Waals surface area contributed by atoms with E-state index in [0.717, 1.165) is 5.69 Å². The fourth-order valence-corrected chi connectivity index (χ4v) is 1.39. The number of aromatic nitrogens is 3. The molecule has 0 radical (unpaired) electrons. The Morgan fingerprint density at radius 3 is 2.94 bits per heavy atom. The summed E-state index contributed by atoms with van der Waals surface area (Å²) >= 11 is 0. The molecule has 0 aliphatic heterocycles. The number of rotatable bonds is 4. The molecule has 2 rings (SSSR count). The minimum atomic E-state index is -0.576. The van der Waals surface area contributed by atoms with E-state index >= 15 is 0 Å². The summed E-state index contributed by atoms with van der Waals surface area (Å²) in [5.41, 5.74) is 1.05. The Morgan fingerprint density at radius 2 is 2.25 bits per heavy atom. The van der Waals surface area contributed by atoms with Crippen LogP contribution < -0.4 is 4.74 Å². The predicted octanol–water partition coefficient (Wildman–Crippen LogP) is 1.58. The number of hydrogen-bond donors (Lipinski definition) is 0. The minimum absolute atomic E-state index is 0.185. The number of halogens is 1. The normalized spacial score (nSPS) is 10.4. The van der Waals surface area contributed by atoms with Crippen LogP contribution >= 0.6 is 0 Å². The van der Waals surface area contributed by atoms with Crippen molar-refractivity contribution < 1.29 is 9.13 Å². The zero-order chi connectivity index (χ0) is 11.4. The summed E-state index contributed by atoms with van der Waals surface area (Å²) in [6.45, 7) is 0.405. The van der Waals surface area contributed by atoms with E-state index in [1.165, 1.54) is 6.20 Å². The highest BCUT2D eigenvalue weighted by Crippen LogP contribution is 2.13. The zero-order valence-corrected chi connectivity index (χ0v) is 8.93. The van der Waals surface area contributed by atoms with Crippen LogP contribution in [0.15, 0.2) is 30.6 Å². The van der Waals surface area contributed by atoms with Gasteiger partial charge in [-0.3, -0.25) is 4.68 Å². The zero-order valence-electron chi connectivity index (χ0n) is 8.93. The SMILES string of the molecule is Cn1nccc1CCOc1cccnc1F. The Bertz CT molecular complexity index is 470. The number of ether oxygens (including phenoxy) is 1. The van der Waals surface area contributed by atoms with Crippen molar-refractivity contribution in [2.24, 2.45) is 7.05 Å². The van der Waals surface area contributed by atoms with Crippen molar-refractivity contribution in [1.82, 2.24) is 14.8 Å². The molecule has 0 unspecified atom stereocenters. The van der Waals surface area contributed by atoms with Crippen molar-refractivity contribution in [3.05, 3.63) is 42.2 Å². The van der Waals surface area contributed by atoms with Gasteiger partial charge in [-0.25, -0.2) is 4.98 Å². The van der Waals surface area contributed by atoms with Crippen molar-refractivity contribution in [3.63, 3.8) is 0 Å². The van der Waals surface area contributed by atoms with Gasteiger partial charge in [0.05, 0.1) is 6.61 Å². The maximum absolute atomic E-state index is 13.1. The van der Waals surface area contributed by atoms with Gasteiger partial charge in [0.2, 0.25) is 0 Å². The first kappa shape index (κ1) is 10.6. The van der Waals surface area contributed by atoms with Crippen LogP contribution in [0.2, 0.25) is 0 Å². The molecule has 16 heavy (non-hydrogen) atoms. The highest BCUT2D eigenvalue weighted by Gasteiger charge is 2.03. The molecule has 0 aromatic carbocycles. The first-order valence-electron chi connectivity index (χ1n) is 4.97. The van der Waals surface area contributed by atoms with Gasteiger partial charge in [-0.1, -0.05) is 0 Å².